The maximum atomic E-state index is 13.4. The molecule has 15 heteroatoms. The van der Waals surface area contributed by atoms with Gasteiger partial charge < -0.3 is 19.3 Å². The number of unbranched alkanes of at least 4 members (excludes halogenated alkanes) is 2. The number of carbonyl (C=O) groups excluding carboxylic acids is 4. The van der Waals surface area contributed by atoms with E-state index in [1.807, 2.05) is 0 Å². The van der Waals surface area contributed by atoms with E-state index in [1.54, 1.807) is 11.0 Å². The van der Waals surface area contributed by atoms with Crippen LogP contribution in [-0.2, 0) is 20.5 Å². The first kappa shape index (κ1) is 33.3. The van der Waals surface area contributed by atoms with Crippen LogP contribution in [0.4, 0.5) is 19.0 Å². The number of aromatic nitrogens is 1. The molecule has 2 aromatic rings. The second-order valence-corrected chi connectivity index (χ2v) is 13.2. The number of fused-ring (bicyclic) bond motifs is 1. The van der Waals surface area contributed by atoms with Crippen LogP contribution in [0.1, 0.15) is 71.2 Å². The largest absolute Gasteiger partial charge is 0.494 e. The number of rotatable bonds is 11. The Morgan fingerprint density at radius 3 is 2.40 bits per heavy atom. The second-order valence-electron chi connectivity index (χ2n) is 12.3. The predicted molar refractivity (Wildman–Crippen MR) is 166 cm³/mol. The molecule has 11 nitrogen and oxygen atoms in total. The first-order valence-corrected chi connectivity index (χ1v) is 16.6. The van der Waals surface area contributed by atoms with E-state index < -0.39 is 41.4 Å². The number of piperidine rings is 2. The molecule has 5 heterocycles. The first-order valence-electron chi connectivity index (χ1n) is 15.8. The van der Waals surface area contributed by atoms with Crippen LogP contribution in [0.25, 0.3) is 0 Å². The molecule has 4 aliphatic heterocycles. The highest BCUT2D eigenvalue weighted by Gasteiger charge is 2.45. The third-order valence-electron chi connectivity index (χ3n) is 9.00. The van der Waals surface area contributed by atoms with Crippen molar-refractivity contribution in [2.75, 3.05) is 44.2 Å². The van der Waals surface area contributed by atoms with Crippen molar-refractivity contribution in [3.63, 3.8) is 0 Å². The fraction of sp³-hybridized carbons (Fsp3) is 0.531. The van der Waals surface area contributed by atoms with E-state index in [0.717, 1.165) is 62.7 Å². The highest BCUT2D eigenvalue weighted by Crippen LogP contribution is 2.39. The van der Waals surface area contributed by atoms with Gasteiger partial charge in [-0.1, -0.05) is 0 Å². The van der Waals surface area contributed by atoms with Crippen LogP contribution < -0.4 is 15.0 Å². The Morgan fingerprint density at radius 2 is 1.68 bits per heavy atom. The summed E-state index contributed by atoms with van der Waals surface area (Å²) in [5, 5.41) is 2.19. The highest BCUT2D eigenvalue weighted by molar-refractivity contribution is 9.10. The standard InChI is InChI=1S/C32H35BrF3N5O6/c33-19-14-25(32(34,35)36)28(37-16-19)40-17-22(18-40)47-20-8-11-39(12-9-20)10-2-1-3-13-46-21-4-5-23-24(15-21)31(45)41(30(23)44)26-6-7-27(42)38-29(26)43/h4-5,14-16,20,22,26H,1-3,6-13,17-18H2,(H,38,42,43). The summed E-state index contributed by atoms with van der Waals surface area (Å²) < 4.78 is 52.7. The summed E-state index contributed by atoms with van der Waals surface area (Å²) >= 11 is 3.07. The second kappa shape index (κ2) is 13.9. The van der Waals surface area contributed by atoms with Crippen LogP contribution >= 0.6 is 15.9 Å². The van der Waals surface area contributed by atoms with Crippen LogP contribution in [0.5, 0.6) is 5.75 Å². The van der Waals surface area contributed by atoms with E-state index >= 15 is 0 Å². The lowest BCUT2D eigenvalue weighted by Gasteiger charge is -2.43. The van der Waals surface area contributed by atoms with Crippen molar-refractivity contribution in [1.82, 2.24) is 20.1 Å². The van der Waals surface area contributed by atoms with E-state index in [1.165, 1.54) is 18.3 Å². The average Bonchev–Trinajstić information content (AvgIpc) is 3.25. The Bertz CT molecular complexity index is 1540. The van der Waals surface area contributed by atoms with Gasteiger partial charge in [0.05, 0.1) is 35.5 Å². The number of pyridine rings is 1. The molecule has 0 aliphatic carbocycles. The van der Waals surface area contributed by atoms with Gasteiger partial charge in [-0.15, -0.1) is 0 Å². The third kappa shape index (κ3) is 7.46. The number of imide groups is 2. The van der Waals surface area contributed by atoms with Gasteiger partial charge >= 0.3 is 6.18 Å². The number of carbonyl (C=O) groups is 4. The highest BCUT2D eigenvalue weighted by atomic mass is 79.9. The monoisotopic (exact) mass is 721 g/mol. The van der Waals surface area contributed by atoms with Gasteiger partial charge in [-0.3, -0.25) is 29.4 Å². The number of anilines is 1. The van der Waals surface area contributed by atoms with Crippen molar-refractivity contribution >= 4 is 45.4 Å². The lowest BCUT2D eigenvalue weighted by molar-refractivity contribution is -0.138. The molecule has 0 saturated carbocycles. The van der Waals surface area contributed by atoms with Gasteiger partial charge in [0, 0.05) is 43.3 Å². The molecular weight excluding hydrogens is 687 g/mol. The van der Waals surface area contributed by atoms with Gasteiger partial charge in [0.25, 0.3) is 11.8 Å². The molecule has 252 valence electrons. The number of alkyl halides is 3. The zero-order valence-electron chi connectivity index (χ0n) is 25.6. The van der Waals surface area contributed by atoms with Gasteiger partial charge in [0.2, 0.25) is 11.8 Å². The number of nitrogens with one attached hydrogen (secondary N) is 1. The normalized spacial score (nSPS) is 21.2. The minimum Gasteiger partial charge on any atom is -0.494 e. The van der Waals surface area contributed by atoms with Gasteiger partial charge in [0.1, 0.15) is 17.6 Å². The fourth-order valence-corrected chi connectivity index (χ4v) is 6.81. The zero-order chi connectivity index (χ0) is 33.3. The van der Waals surface area contributed by atoms with Gasteiger partial charge in [0.15, 0.2) is 0 Å². The molecular formula is C32H35BrF3N5O6. The third-order valence-corrected chi connectivity index (χ3v) is 9.44. The molecule has 6 rings (SSSR count). The summed E-state index contributed by atoms with van der Waals surface area (Å²) in [6.45, 7) is 3.99. The molecule has 1 atom stereocenters. The summed E-state index contributed by atoms with van der Waals surface area (Å²) in [4.78, 5) is 58.5. The number of likely N-dealkylation sites (tertiary alicyclic amines) is 1. The van der Waals surface area contributed by atoms with Crippen molar-refractivity contribution in [3.8, 4) is 5.75 Å². The minimum atomic E-state index is -4.48. The number of amides is 4. The van der Waals surface area contributed by atoms with Crippen LogP contribution in [0.15, 0.2) is 34.9 Å². The smallest absolute Gasteiger partial charge is 0.419 e. The van der Waals surface area contributed by atoms with Gasteiger partial charge in [-0.2, -0.15) is 13.2 Å². The van der Waals surface area contributed by atoms with Crippen LogP contribution in [0, 0.1) is 0 Å². The Balaban J connectivity index is 0.860. The molecule has 3 fully saturated rings. The van der Waals surface area contributed by atoms with E-state index in [0.29, 0.717) is 25.4 Å². The Morgan fingerprint density at radius 1 is 0.936 bits per heavy atom. The Labute approximate surface area is 277 Å². The Kier molecular flexibility index (Phi) is 9.85. The summed E-state index contributed by atoms with van der Waals surface area (Å²) in [5.41, 5.74) is -0.340. The van der Waals surface area contributed by atoms with E-state index in [4.69, 9.17) is 9.47 Å². The van der Waals surface area contributed by atoms with Crippen LogP contribution in [0.2, 0.25) is 0 Å². The molecule has 47 heavy (non-hydrogen) atoms. The number of benzene rings is 1. The van der Waals surface area contributed by atoms with Gasteiger partial charge in [-0.05, 0) is 85.3 Å². The maximum absolute atomic E-state index is 13.4. The molecule has 0 bridgehead atoms. The average molecular weight is 723 g/mol. The first-order chi connectivity index (χ1) is 22.5. The number of hydrogen-bond donors (Lipinski definition) is 1. The van der Waals surface area contributed by atoms with Crippen molar-refractivity contribution in [3.05, 3.63) is 51.6 Å². The minimum absolute atomic E-state index is 0.0574. The number of nitrogens with zero attached hydrogens (tertiary/aromatic N) is 4. The predicted octanol–water partition coefficient (Wildman–Crippen LogP) is 4.18. The number of hydrogen-bond acceptors (Lipinski definition) is 9. The quantitative estimate of drug-likeness (QED) is 0.269. The molecule has 3 saturated heterocycles. The summed E-state index contributed by atoms with van der Waals surface area (Å²) in [5.74, 6) is -1.76. The van der Waals surface area contributed by atoms with Crippen molar-refractivity contribution < 1.29 is 41.8 Å². The lowest BCUT2D eigenvalue weighted by atomic mass is 10.0. The maximum Gasteiger partial charge on any atom is 0.419 e. The zero-order valence-corrected chi connectivity index (χ0v) is 27.1. The molecule has 1 aromatic carbocycles. The number of ether oxygens (including phenoxy) is 2. The molecule has 1 aromatic heterocycles. The summed E-state index contributed by atoms with van der Waals surface area (Å²) in [6.07, 6.45) is 1.58. The van der Waals surface area contributed by atoms with E-state index in [2.05, 4.69) is 31.1 Å². The Hall–Kier alpha value is -3.56. The molecule has 4 aliphatic rings. The summed E-state index contributed by atoms with van der Waals surface area (Å²) in [7, 11) is 0. The molecule has 1 N–H and O–H groups in total. The van der Waals surface area contributed by atoms with Gasteiger partial charge in [-0.25, -0.2) is 4.98 Å². The fourth-order valence-electron chi connectivity index (χ4n) is 6.48. The molecule has 1 unspecified atom stereocenters. The molecule has 0 spiro atoms. The van der Waals surface area contributed by atoms with E-state index in [9.17, 15) is 32.3 Å². The van der Waals surface area contributed by atoms with Crippen LogP contribution in [0.3, 0.4) is 0 Å². The van der Waals surface area contributed by atoms with Crippen molar-refractivity contribution in [2.24, 2.45) is 0 Å². The molecule has 0 radical (unpaired) electrons. The van der Waals surface area contributed by atoms with E-state index in [-0.39, 0.29) is 46.5 Å². The van der Waals surface area contributed by atoms with Crippen molar-refractivity contribution in [1.29, 1.82) is 0 Å². The summed E-state index contributed by atoms with van der Waals surface area (Å²) in [6, 6.07) is 4.77. The lowest BCUT2D eigenvalue weighted by Crippen LogP contribution is -2.55. The molecule has 4 amide bonds. The van der Waals surface area contributed by atoms with Crippen LogP contribution in [-0.4, -0.2) is 96.0 Å². The van der Waals surface area contributed by atoms with Crippen molar-refractivity contribution in [2.45, 2.75) is 69.4 Å². The number of halogens is 4. The SMILES string of the molecule is O=C1CCC(N2C(=O)c3ccc(OCCCCCN4CCC(OC5CN(c6ncc(Br)cc6C(F)(F)F)C5)CC4)cc3C2=O)C(=O)N1. The topological polar surface area (TPSA) is 121 Å².